The van der Waals surface area contributed by atoms with Gasteiger partial charge in [-0.25, -0.2) is 0 Å². The second-order valence-corrected chi connectivity index (χ2v) is 10.2. The quantitative estimate of drug-likeness (QED) is 0.338. The van der Waals surface area contributed by atoms with Crippen LogP contribution in [0.5, 0.6) is 0 Å². The molecule has 5 rings (SSSR count). The maximum absolute atomic E-state index is 4.60. The van der Waals surface area contributed by atoms with Crippen molar-refractivity contribution >= 4 is 31.5 Å². The van der Waals surface area contributed by atoms with Gasteiger partial charge in [-0.05, 0) is 59.1 Å². The average Bonchev–Trinajstić information content (AvgIpc) is 3.03. The van der Waals surface area contributed by atoms with Crippen LogP contribution in [0.4, 0.5) is 0 Å². The second-order valence-electron chi connectivity index (χ2n) is 9.16. The molecule has 0 atom stereocenters. The van der Waals surface area contributed by atoms with E-state index in [1.54, 1.807) is 0 Å². The molecule has 4 aromatic rings. The third kappa shape index (κ3) is 2.54. The Morgan fingerprint density at radius 1 is 0.815 bits per heavy atom. The minimum atomic E-state index is 0.242. The Hall–Kier alpha value is -2.19. The predicted molar refractivity (Wildman–Crippen MR) is 118 cm³/mol. The highest BCUT2D eigenvalue weighted by atomic mass is 32.1. The van der Waals surface area contributed by atoms with Crippen molar-refractivity contribution < 1.29 is 0 Å². The Labute approximate surface area is 165 Å². The molecule has 0 saturated carbocycles. The summed E-state index contributed by atoms with van der Waals surface area (Å²) in [5, 5.41) is 2.76. The lowest BCUT2D eigenvalue weighted by Gasteiger charge is -2.41. The van der Waals surface area contributed by atoms with Gasteiger partial charge in [-0.15, -0.1) is 11.3 Å². The molecule has 0 spiro atoms. The number of benzene rings is 2. The van der Waals surface area contributed by atoms with Crippen LogP contribution in [0, 0.1) is 0 Å². The van der Waals surface area contributed by atoms with Crippen molar-refractivity contribution in [2.24, 2.45) is 0 Å². The summed E-state index contributed by atoms with van der Waals surface area (Å²) in [7, 11) is 0. The van der Waals surface area contributed by atoms with Gasteiger partial charge < -0.3 is 0 Å². The Bertz CT molecular complexity index is 1170. The topological polar surface area (TPSA) is 12.9 Å². The van der Waals surface area contributed by atoms with Crippen LogP contribution in [0.25, 0.3) is 31.4 Å². The lowest BCUT2D eigenvalue weighted by molar-refractivity contribution is 0.332. The lowest BCUT2D eigenvalue weighted by atomic mass is 9.63. The van der Waals surface area contributed by atoms with Crippen molar-refractivity contribution in [1.82, 2.24) is 4.98 Å². The second kappa shape index (κ2) is 5.65. The number of nitrogens with zero attached hydrogens (tertiary/aromatic N) is 1. The van der Waals surface area contributed by atoms with Crippen LogP contribution >= 0.6 is 11.3 Å². The van der Waals surface area contributed by atoms with Gasteiger partial charge in [-0.3, -0.25) is 4.98 Å². The van der Waals surface area contributed by atoms with Crippen LogP contribution in [0.2, 0.25) is 0 Å². The van der Waals surface area contributed by atoms with E-state index < -0.39 is 0 Å². The fourth-order valence-corrected chi connectivity index (χ4v) is 5.83. The summed E-state index contributed by atoms with van der Waals surface area (Å²) in [6.07, 6.45) is 4.38. The van der Waals surface area contributed by atoms with Crippen LogP contribution in [0.1, 0.15) is 51.7 Å². The summed E-state index contributed by atoms with van der Waals surface area (Å²) in [6, 6.07) is 17.8. The summed E-state index contributed by atoms with van der Waals surface area (Å²) < 4.78 is 2.75. The Kier molecular flexibility index (Phi) is 3.55. The fourth-order valence-electron chi connectivity index (χ4n) is 4.58. The molecule has 2 aromatic carbocycles. The SMILES string of the molecule is CC1(C)CCC(C)(C)c2cc3c(cc21)sc1c(-c2ccccn2)cccc13. The summed E-state index contributed by atoms with van der Waals surface area (Å²) in [5.41, 5.74) is 5.86. The van der Waals surface area contributed by atoms with Gasteiger partial charge in [0.25, 0.3) is 0 Å². The molecule has 27 heavy (non-hydrogen) atoms. The Balaban J connectivity index is 1.85. The minimum absolute atomic E-state index is 0.242. The van der Waals surface area contributed by atoms with Gasteiger partial charge in [0.1, 0.15) is 0 Å². The van der Waals surface area contributed by atoms with E-state index in [0.29, 0.717) is 0 Å². The molecule has 0 N–H and O–H groups in total. The maximum Gasteiger partial charge on any atom is 0.0716 e. The molecule has 0 radical (unpaired) electrons. The summed E-state index contributed by atoms with van der Waals surface area (Å²) in [4.78, 5) is 4.60. The monoisotopic (exact) mass is 371 g/mol. The molecule has 136 valence electrons. The van der Waals surface area contributed by atoms with Gasteiger partial charge in [0.2, 0.25) is 0 Å². The highest BCUT2D eigenvalue weighted by Crippen LogP contribution is 2.49. The Morgan fingerprint density at radius 2 is 1.56 bits per heavy atom. The normalized spacial score (nSPS) is 17.9. The molecule has 1 nitrogen and oxygen atoms in total. The van der Waals surface area contributed by atoms with E-state index in [2.05, 4.69) is 75.1 Å². The first-order chi connectivity index (χ1) is 12.9. The molecule has 2 heteroatoms. The molecule has 0 aliphatic heterocycles. The maximum atomic E-state index is 4.60. The third-order valence-corrected chi connectivity index (χ3v) is 7.61. The number of fused-ring (bicyclic) bond motifs is 4. The van der Waals surface area contributed by atoms with Crippen LogP contribution in [-0.2, 0) is 10.8 Å². The highest BCUT2D eigenvalue weighted by molar-refractivity contribution is 7.26. The zero-order valence-electron chi connectivity index (χ0n) is 16.5. The number of hydrogen-bond donors (Lipinski definition) is 0. The number of thiophene rings is 1. The van der Waals surface area contributed by atoms with Gasteiger partial charge in [0.05, 0.1) is 5.69 Å². The molecule has 0 fully saturated rings. The van der Waals surface area contributed by atoms with Crippen molar-refractivity contribution in [2.45, 2.75) is 51.4 Å². The van der Waals surface area contributed by atoms with Gasteiger partial charge in [0, 0.05) is 31.9 Å². The molecule has 0 bridgehead atoms. The van der Waals surface area contributed by atoms with E-state index >= 15 is 0 Å². The minimum Gasteiger partial charge on any atom is -0.256 e. The molecule has 1 aliphatic rings. The average molecular weight is 372 g/mol. The molecular formula is C25H25NS. The molecule has 2 aromatic heterocycles. The highest BCUT2D eigenvalue weighted by Gasteiger charge is 2.37. The number of aromatic nitrogens is 1. The van der Waals surface area contributed by atoms with Crippen LogP contribution in [-0.4, -0.2) is 4.98 Å². The van der Waals surface area contributed by atoms with E-state index in [-0.39, 0.29) is 10.8 Å². The summed E-state index contributed by atoms with van der Waals surface area (Å²) in [5.74, 6) is 0. The van der Waals surface area contributed by atoms with E-state index in [9.17, 15) is 0 Å². The van der Waals surface area contributed by atoms with Gasteiger partial charge in [-0.2, -0.15) is 0 Å². The third-order valence-electron chi connectivity index (χ3n) is 6.41. The number of rotatable bonds is 1. The molecule has 0 amide bonds. The first-order valence-electron chi connectivity index (χ1n) is 9.78. The van der Waals surface area contributed by atoms with E-state index in [4.69, 9.17) is 0 Å². The van der Waals surface area contributed by atoms with Gasteiger partial charge >= 0.3 is 0 Å². The summed E-state index contributed by atoms with van der Waals surface area (Å²) >= 11 is 1.92. The zero-order valence-corrected chi connectivity index (χ0v) is 17.3. The van der Waals surface area contributed by atoms with Crippen molar-refractivity contribution in [3.8, 4) is 11.3 Å². The van der Waals surface area contributed by atoms with E-state index in [0.717, 1.165) is 5.69 Å². The Morgan fingerprint density at radius 3 is 2.26 bits per heavy atom. The largest absolute Gasteiger partial charge is 0.256 e. The molecule has 0 saturated heterocycles. The summed E-state index contributed by atoms with van der Waals surface area (Å²) in [6.45, 7) is 9.61. The number of hydrogen-bond acceptors (Lipinski definition) is 2. The smallest absolute Gasteiger partial charge is 0.0716 e. The van der Waals surface area contributed by atoms with Crippen molar-refractivity contribution in [3.05, 3.63) is 65.9 Å². The standard InChI is InChI=1S/C25H25NS/c1-24(2)11-12-25(3,4)20-15-22-18(14-19(20)24)16-8-7-9-17(23(16)27-22)21-10-5-6-13-26-21/h5-10,13-15H,11-12H2,1-4H3. The fraction of sp³-hybridized carbons (Fsp3) is 0.320. The molecule has 1 aliphatic carbocycles. The zero-order chi connectivity index (χ0) is 18.8. The first-order valence-corrected chi connectivity index (χ1v) is 10.6. The molecule has 2 heterocycles. The molecular weight excluding hydrogens is 346 g/mol. The predicted octanol–water partition coefficient (Wildman–Crippen LogP) is 7.47. The van der Waals surface area contributed by atoms with Gasteiger partial charge in [0.15, 0.2) is 0 Å². The van der Waals surface area contributed by atoms with Crippen molar-refractivity contribution in [3.63, 3.8) is 0 Å². The van der Waals surface area contributed by atoms with Crippen LogP contribution < -0.4 is 0 Å². The molecule has 0 unspecified atom stereocenters. The van der Waals surface area contributed by atoms with Crippen molar-refractivity contribution in [1.29, 1.82) is 0 Å². The van der Waals surface area contributed by atoms with Crippen molar-refractivity contribution in [2.75, 3.05) is 0 Å². The van der Waals surface area contributed by atoms with E-state index in [1.807, 2.05) is 23.6 Å². The lowest BCUT2D eigenvalue weighted by Crippen LogP contribution is -2.33. The number of pyridine rings is 1. The first kappa shape index (κ1) is 16.9. The van der Waals surface area contributed by atoms with Gasteiger partial charge in [-0.1, -0.05) is 52.0 Å². The van der Waals surface area contributed by atoms with Crippen LogP contribution in [0.3, 0.4) is 0 Å². The van der Waals surface area contributed by atoms with Crippen LogP contribution in [0.15, 0.2) is 54.7 Å². The van der Waals surface area contributed by atoms with E-state index in [1.165, 1.54) is 49.7 Å².